The number of sulfone groups is 1. The van der Waals surface area contributed by atoms with Crippen molar-refractivity contribution in [3.05, 3.63) is 24.3 Å². The van der Waals surface area contributed by atoms with Gasteiger partial charge in [0.25, 0.3) is 0 Å². The first-order valence-corrected chi connectivity index (χ1v) is 9.82. The Labute approximate surface area is 138 Å². The van der Waals surface area contributed by atoms with E-state index in [1.807, 2.05) is 0 Å². The number of carbonyl (C=O) groups excluding carboxylic acids is 1. The van der Waals surface area contributed by atoms with Crippen LogP contribution < -0.4 is 10.1 Å². The Morgan fingerprint density at radius 2 is 1.65 bits per heavy atom. The highest BCUT2D eigenvalue weighted by molar-refractivity contribution is 7.92. The Hall–Kier alpha value is -1.56. The number of benzene rings is 1. The molecular weight excluding hydrogens is 314 g/mol. The summed E-state index contributed by atoms with van der Waals surface area (Å²) in [6.45, 7) is 0. The quantitative estimate of drug-likeness (QED) is 0.895. The predicted molar refractivity (Wildman–Crippen MR) is 89.3 cm³/mol. The number of rotatable bonds is 5. The molecule has 0 atom stereocenters. The fourth-order valence-corrected chi connectivity index (χ4v) is 4.05. The molecule has 1 saturated carbocycles. The van der Waals surface area contributed by atoms with Crippen LogP contribution in [-0.2, 0) is 14.6 Å². The topological polar surface area (TPSA) is 72.5 Å². The van der Waals surface area contributed by atoms with Crippen molar-refractivity contribution in [3.63, 3.8) is 0 Å². The first-order valence-electron chi connectivity index (χ1n) is 8.17. The average molecular weight is 339 g/mol. The third-order valence-electron chi connectivity index (χ3n) is 4.21. The first kappa shape index (κ1) is 17.8. The summed E-state index contributed by atoms with van der Waals surface area (Å²) in [5.74, 6) is -0.329. The molecule has 0 saturated heterocycles. The van der Waals surface area contributed by atoms with E-state index in [9.17, 15) is 13.2 Å². The van der Waals surface area contributed by atoms with Crippen LogP contribution in [0.15, 0.2) is 29.2 Å². The second-order valence-electron chi connectivity index (χ2n) is 6.04. The van der Waals surface area contributed by atoms with Gasteiger partial charge in [-0.15, -0.1) is 0 Å². The molecule has 1 aliphatic rings. The largest absolute Gasteiger partial charge is 0.497 e. The van der Waals surface area contributed by atoms with Crippen molar-refractivity contribution in [3.8, 4) is 5.75 Å². The van der Waals surface area contributed by atoms with E-state index in [-0.39, 0.29) is 10.9 Å². The minimum atomic E-state index is -3.62. The van der Waals surface area contributed by atoms with Crippen molar-refractivity contribution in [1.82, 2.24) is 5.32 Å². The van der Waals surface area contributed by atoms with E-state index in [0.717, 1.165) is 25.7 Å². The Bertz CT molecular complexity index is 602. The monoisotopic (exact) mass is 339 g/mol. The highest BCUT2D eigenvalue weighted by Crippen LogP contribution is 2.18. The highest BCUT2D eigenvalue weighted by atomic mass is 32.2. The SMILES string of the molecule is COc1ccc(S(=O)(=O)CC(=O)NC2CCCCCCC2)cc1. The lowest BCUT2D eigenvalue weighted by molar-refractivity contribution is -0.119. The predicted octanol–water partition coefficient (Wildman–Crippen LogP) is 2.70. The van der Waals surface area contributed by atoms with E-state index < -0.39 is 21.5 Å². The molecule has 5 nitrogen and oxygen atoms in total. The molecule has 1 aromatic carbocycles. The van der Waals surface area contributed by atoms with Crippen LogP contribution >= 0.6 is 0 Å². The van der Waals surface area contributed by atoms with E-state index in [4.69, 9.17) is 4.74 Å². The minimum absolute atomic E-state index is 0.105. The fraction of sp³-hybridized carbons (Fsp3) is 0.588. The van der Waals surface area contributed by atoms with Crippen LogP contribution in [0, 0.1) is 0 Å². The van der Waals surface area contributed by atoms with E-state index >= 15 is 0 Å². The number of ether oxygens (including phenoxy) is 1. The minimum Gasteiger partial charge on any atom is -0.497 e. The molecular formula is C17H25NO4S. The standard InChI is InChI=1S/C17H25NO4S/c1-22-15-9-11-16(12-10-15)23(20,21)13-17(19)18-14-7-5-3-2-4-6-8-14/h9-12,14H,2-8,13H2,1H3,(H,18,19). The van der Waals surface area contributed by atoms with Gasteiger partial charge in [-0.2, -0.15) is 0 Å². The van der Waals surface area contributed by atoms with E-state index in [1.54, 1.807) is 12.1 Å². The van der Waals surface area contributed by atoms with Crippen LogP contribution in [-0.4, -0.2) is 33.2 Å². The zero-order chi connectivity index (χ0) is 16.7. The number of carbonyl (C=O) groups is 1. The molecule has 1 N–H and O–H groups in total. The maximum absolute atomic E-state index is 12.3. The van der Waals surface area contributed by atoms with Crippen LogP contribution in [0.2, 0.25) is 0 Å². The van der Waals surface area contributed by atoms with Gasteiger partial charge in [-0.25, -0.2) is 8.42 Å². The average Bonchev–Trinajstić information content (AvgIpc) is 2.49. The summed E-state index contributed by atoms with van der Waals surface area (Å²) in [5, 5.41) is 2.89. The highest BCUT2D eigenvalue weighted by Gasteiger charge is 2.21. The van der Waals surface area contributed by atoms with Gasteiger partial charge in [-0.1, -0.05) is 32.1 Å². The molecule has 0 unspecified atom stereocenters. The Kier molecular flexibility index (Phi) is 6.45. The summed E-state index contributed by atoms with van der Waals surface area (Å²) in [5.41, 5.74) is 0. The number of amides is 1. The van der Waals surface area contributed by atoms with Gasteiger partial charge in [0.15, 0.2) is 9.84 Å². The molecule has 1 aliphatic carbocycles. The van der Waals surface area contributed by atoms with E-state index in [2.05, 4.69) is 5.32 Å². The zero-order valence-electron chi connectivity index (χ0n) is 13.6. The summed E-state index contributed by atoms with van der Waals surface area (Å²) in [6.07, 6.45) is 7.70. The van der Waals surface area contributed by atoms with Crippen molar-refractivity contribution < 1.29 is 17.9 Å². The molecule has 0 heterocycles. The number of hydrogen-bond acceptors (Lipinski definition) is 4. The van der Waals surface area contributed by atoms with Crippen molar-refractivity contribution in [1.29, 1.82) is 0 Å². The van der Waals surface area contributed by atoms with Crippen molar-refractivity contribution in [2.24, 2.45) is 0 Å². The smallest absolute Gasteiger partial charge is 0.235 e. The maximum atomic E-state index is 12.3. The van der Waals surface area contributed by atoms with Gasteiger partial charge in [-0.05, 0) is 37.1 Å². The summed E-state index contributed by atoms with van der Waals surface area (Å²) >= 11 is 0. The summed E-state index contributed by atoms with van der Waals surface area (Å²) in [6, 6.07) is 6.21. The Morgan fingerprint density at radius 3 is 2.22 bits per heavy atom. The van der Waals surface area contributed by atoms with Gasteiger partial charge in [-0.3, -0.25) is 4.79 Å². The molecule has 128 valence electrons. The molecule has 6 heteroatoms. The fourth-order valence-electron chi connectivity index (χ4n) is 2.91. The molecule has 0 radical (unpaired) electrons. The summed E-state index contributed by atoms with van der Waals surface area (Å²) in [4.78, 5) is 12.3. The lowest BCUT2D eigenvalue weighted by Crippen LogP contribution is -2.38. The molecule has 0 aliphatic heterocycles. The van der Waals surface area contributed by atoms with Crippen LogP contribution in [0.3, 0.4) is 0 Å². The normalized spacial score (nSPS) is 17.1. The molecule has 1 aromatic rings. The van der Waals surface area contributed by atoms with Crippen LogP contribution in [0.25, 0.3) is 0 Å². The third kappa shape index (κ3) is 5.53. The molecule has 2 rings (SSSR count). The van der Waals surface area contributed by atoms with Gasteiger partial charge >= 0.3 is 0 Å². The molecule has 0 aromatic heterocycles. The molecule has 23 heavy (non-hydrogen) atoms. The lowest BCUT2D eigenvalue weighted by Gasteiger charge is -2.21. The lowest BCUT2D eigenvalue weighted by atomic mass is 9.97. The summed E-state index contributed by atoms with van der Waals surface area (Å²) in [7, 11) is -2.10. The van der Waals surface area contributed by atoms with Crippen LogP contribution in [0.4, 0.5) is 0 Å². The van der Waals surface area contributed by atoms with Gasteiger partial charge in [0.05, 0.1) is 12.0 Å². The second-order valence-corrected chi connectivity index (χ2v) is 8.03. The van der Waals surface area contributed by atoms with Gasteiger partial charge in [0, 0.05) is 6.04 Å². The van der Waals surface area contributed by atoms with Gasteiger partial charge < -0.3 is 10.1 Å². The maximum Gasteiger partial charge on any atom is 0.235 e. The molecule has 1 amide bonds. The Morgan fingerprint density at radius 1 is 1.09 bits per heavy atom. The van der Waals surface area contributed by atoms with Crippen molar-refractivity contribution in [2.75, 3.05) is 12.9 Å². The Balaban J connectivity index is 1.94. The van der Waals surface area contributed by atoms with Crippen LogP contribution in [0.1, 0.15) is 44.9 Å². The van der Waals surface area contributed by atoms with Gasteiger partial charge in [0.2, 0.25) is 5.91 Å². The number of methoxy groups -OCH3 is 1. The molecule has 0 spiro atoms. The first-order chi connectivity index (χ1) is 11.0. The van der Waals surface area contributed by atoms with Gasteiger partial charge in [0.1, 0.15) is 11.5 Å². The molecule has 1 fully saturated rings. The van der Waals surface area contributed by atoms with Crippen molar-refractivity contribution >= 4 is 15.7 Å². The van der Waals surface area contributed by atoms with Crippen molar-refractivity contribution in [2.45, 2.75) is 55.9 Å². The zero-order valence-corrected chi connectivity index (χ0v) is 14.4. The number of hydrogen-bond donors (Lipinski definition) is 1. The van der Waals surface area contributed by atoms with Crippen LogP contribution in [0.5, 0.6) is 5.75 Å². The van der Waals surface area contributed by atoms with E-state index in [1.165, 1.54) is 38.5 Å². The number of nitrogens with one attached hydrogen (secondary N) is 1. The third-order valence-corrected chi connectivity index (χ3v) is 5.84. The second kappa shape index (κ2) is 8.34. The van der Waals surface area contributed by atoms with E-state index in [0.29, 0.717) is 5.75 Å². The molecule has 0 bridgehead atoms. The summed E-state index contributed by atoms with van der Waals surface area (Å²) < 4.78 is 29.6.